The van der Waals surface area contributed by atoms with Crippen LogP contribution in [0, 0.1) is 0 Å². The van der Waals surface area contributed by atoms with Gasteiger partial charge < -0.3 is 0 Å². The Labute approximate surface area is 72.7 Å². The van der Waals surface area contributed by atoms with E-state index in [0.29, 0.717) is 0 Å². The van der Waals surface area contributed by atoms with Crippen LogP contribution in [0.2, 0.25) is 0 Å². The van der Waals surface area contributed by atoms with Crippen LogP contribution in [0.3, 0.4) is 0 Å². The Morgan fingerprint density at radius 1 is 1.42 bits per heavy atom. The first-order chi connectivity index (χ1) is 5.74. The Balaban J connectivity index is 2.89. The van der Waals surface area contributed by atoms with Gasteiger partial charge in [0.25, 0.3) is 0 Å². The highest BCUT2D eigenvalue weighted by atomic mass is 16.1. The van der Waals surface area contributed by atoms with E-state index in [1.807, 2.05) is 39.0 Å². The minimum Gasteiger partial charge on any atom is -0.211 e. The molecule has 1 aromatic rings. The molecule has 1 rings (SSSR count). The second kappa shape index (κ2) is 3.89. The molecule has 0 aliphatic carbocycles. The Morgan fingerprint density at radius 2 is 2.00 bits per heavy atom. The molecular weight excluding hydrogens is 149 g/mol. The van der Waals surface area contributed by atoms with Gasteiger partial charge in [0.15, 0.2) is 0 Å². The van der Waals surface area contributed by atoms with Crippen molar-refractivity contribution in [2.24, 2.45) is 4.99 Å². The molecule has 0 N–H and O–H groups in total. The Morgan fingerprint density at radius 3 is 2.50 bits per heavy atom. The fourth-order valence-electron chi connectivity index (χ4n) is 0.999. The van der Waals surface area contributed by atoms with Crippen LogP contribution in [0.15, 0.2) is 29.3 Å². The predicted octanol–water partition coefficient (Wildman–Crippen LogP) is 0.342. The van der Waals surface area contributed by atoms with Gasteiger partial charge in [0.1, 0.15) is 7.85 Å². The molecule has 1 aromatic carbocycles. The number of isocyanates is 1. The van der Waals surface area contributed by atoms with E-state index in [4.69, 9.17) is 0 Å². The summed E-state index contributed by atoms with van der Waals surface area (Å²) >= 11 is 0. The molecule has 0 radical (unpaired) electrons. The van der Waals surface area contributed by atoms with Crippen LogP contribution in [0.25, 0.3) is 0 Å². The standard InChI is InChI=1S/C9H10BNO/c1-7(11-6-12)8-2-4-9(10)5-3-8/h2-5,7H,10H2,1H3/t7-/m0/s1. The summed E-state index contributed by atoms with van der Waals surface area (Å²) in [7, 11) is 2.03. The third kappa shape index (κ3) is 2.07. The van der Waals surface area contributed by atoms with Crippen LogP contribution >= 0.6 is 0 Å². The summed E-state index contributed by atoms with van der Waals surface area (Å²) in [4.78, 5) is 13.6. The molecule has 3 heteroatoms. The maximum absolute atomic E-state index is 9.96. The van der Waals surface area contributed by atoms with E-state index >= 15 is 0 Å². The highest BCUT2D eigenvalue weighted by Gasteiger charge is 2.00. The van der Waals surface area contributed by atoms with Gasteiger partial charge in [-0.05, 0) is 12.5 Å². The van der Waals surface area contributed by atoms with Crippen LogP contribution in [-0.2, 0) is 4.79 Å². The lowest BCUT2D eigenvalue weighted by Gasteiger charge is -2.03. The number of benzene rings is 1. The van der Waals surface area contributed by atoms with Crippen LogP contribution in [0.5, 0.6) is 0 Å². The zero-order valence-corrected chi connectivity index (χ0v) is 7.24. The topological polar surface area (TPSA) is 29.4 Å². The summed E-state index contributed by atoms with van der Waals surface area (Å²) < 4.78 is 0. The van der Waals surface area contributed by atoms with Crippen LogP contribution < -0.4 is 5.46 Å². The maximum atomic E-state index is 9.96. The minimum atomic E-state index is -0.0805. The van der Waals surface area contributed by atoms with Gasteiger partial charge in [0.2, 0.25) is 6.08 Å². The molecular formula is C9H10BNO. The molecule has 1 atom stereocenters. The Hall–Kier alpha value is -1.34. The summed E-state index contributed by atoms with van der Waals surface area (Å²) in [5.41, 5.74) is 2.25. The first-order valence-corrected chi connectivity index (χ1v) is 3.87. The highest BCUT2D eigenvalue weighted by molar-refractivity contribution is 6.32. The maximum Gasteiger partial charge on any atom is 0.235 e. The molecule has 0 saturated carbocycles. The van der Waals surface area contributed by atoms with Gasteiger partial charge >= 0.3 is 0 Å². The third-order valence-corrected chi connectivity index (χ3v) is 1.81. The lowest BCUT2D eigenvalue weighted by atomic mass is 9.94. The monoisotopic (exact) mass is 159 g/mol. The molecule has 0 bridgehead atoms. The number of hydrogen-bond acceptors (Lipinski definition) is 2. The van der Waals surface area contributed by atoms with Crippen molar-refractivity contribution in [1.29, 1.82) is 0 Å². The first kappa shape index (κ1) is 8.76. The van der Waals surface area contributed by atoms with Crippen molar-refractivity contribution in [1.82, 2.24) is 0 Å². The number of hydrogen-bond donors (Lipinski definition) is 0. The molecule has 0 heterocycles. The van der Waals surface area contributed by atoms with Gasteiger partial charge in [-0.2, -0.15) is 4.99 Å². The normalized spacial score (nSPS) is 11.8. The molecule has 0 aromatic heterocycles. The van der Waals surface area contributed by atoms with Gasteiger partial charge in [-0.3, -0.25) is 0 Å². The summed E-state index contributed by atoms with van der Waals surface area (Å²) in [6.45, 7) is 1.87. The van der Waals surface area contributed by atoms with Gasteiger partial charge in [-0.15, -0.1) is 0 Å². The predicted molar refractivity (Wildman–Crippen MR) is 51.2 cm³/mol. The van der Waals surface area contributed by atoms with Crippen molar-refractivity contribution in [2.45, 2.75) is 13.0 Å². The van der Waals surface area contributed by atoms with Gasteiger partial charge in [0.05, 0.1) is 6.04 Å². The van der Waals surface area contributed by atoms with Crippen molar-refractivity contribution in [3.63, 3.8) is 0 Å². The molecule has 0 aliphatic heterocycles. The number of aliphatic imine (C=N–C) groups is 1. The fourth-order valence-corrected chi connectivity index (χ4v) is 0.999. The van der Waals surface area contributed by atoms with Crippen molar-refractivity contribution in [3.05, 3.63) is 29.8 Å². The number of rotatable bonds is 2. The second-order valence-electron chi connectivity index (χ2n) is 2.81. The smallest absolute Gasteiger partial charge is 0.211 e. The zero-order valence-electron chi connectivity index (χ0n) is 7.24. The average molecular weight is 159 g/mol. The number of carbonyl (C=O) groups excluding carboxylic acids is 1. The van der Waals surface area contributed by atoms with Crippen LogP contribution in [0.1, 0.15) is 18.5 Å². The molecule has 0 spiro atoms. The second-order valence-corrected chi connectivity index (χ2v) is 2.81. The summed E-state index contributed by atoms with van der Waals surface area (Å²) in [5.74, 6) is 0. The first-order valence-electron chi connectivity index (χ1n) is 3.87. The van der Waals surface area contributed by atoms with Crippen molar-refractivity contribution < 1.29 is 4.79 Å². The lowest BCUT2D eigenvalue weighted by Crippen LogP contribution is -2.01. The lowest BCUT2D eigenvalue weighted by molar-refractivity contribution is 0.559. The Kier molecular flexibility index (Phi) is 2.84. The molecule has 2 nitrogen and oxygen atoms in total. The van der Waals surface area contributed by atoms with Gasteiger partial charge in [-0.1, -0.05) is 29.7 Å². The quantitative estimate of drug-likeness (QED) is 0.347. The van der Waals surface area contributed by atoms with E-state index in [1.54, 1.807) is 6.08 Å². The van der Waals surface area contributed by atoms with Crippen molar-refractivity contribution in [2.75, 3.05) is 0 Å². The van der Waals surface area contributed by atoms with E-state index in [9.17, 15) is 4.79 Å². The van der Waals surface area contributed by atoms with Crippen LogP contribution in [-0.4, -0.2) is 13.9 Å². The minimum absolute atomic E-state index is 0.0805. The van der Waals surface area contributed by atoms with E-state index in [2.05, 4.69) is 4.99 Å². The molecule has 0 aliphatic rings. The highest BCUT2D eigenvalue weighted by Crippen LogP contribution is 2.13. The third-order valence-electron chi connectivity index (χ3n) is 1.81. The zero-order chi connectivity index (χ0) is 8.97. The van der Waals surface area contributed by atoms with Crippen molar-refractivity contribution >= 4 is 19.4 Å². The van der Waals surface area contributed by atoms with E-state index in [-0.39, 0.29) is 6.04 Å². The van der Waals surface area contributed by atoms with Crippen LogP contribution in [0.4, 0.5) is 0 Å². The summed E-state index contributed by atoms with van der Waals surface area (Å²) in [5, 5.41) is 0. The molecule has 0 saturated heterocycles. The molecule has 12 heavy (non-hydrogen) atoms. The molecule has 0 fully saturated rings. The largest absolute Gasteiger partial charge is 0.235 e. The van der Waals surface area contributed by atoms with E-state index in [1.165, 1.54) is 5.46 Å². The van der Waals surface area contributed by atoms with E-state index < -0.39 is 0 Å². The molecule has 60 valence electrons. The van der Waals surface area contributed by atoms with Gasteiger partial charge in [0, 0.05) is 0 Å². The van der Waals surface area contributed by atoms with E-state index in [0.717, 1.165) is 5.56 Å². The van der Waals surface area contributed by atoms with Crippen molar-refractivity contribution in [3.8, 4) is 0 Å². The summed E-state index contributed by atoms with van der Waals surface area (Å²) in [6, 6.07) is 7.88. The average Bonchev–Trinajstić information content (AvgIpc) is 2.06. The molecule has 0 amide bonds. The fraction of sp³-hybridized carbons (Fsp3) is 0.222. The Bertz CT molecular complexity index is 301. The number of nitrogens with zero attached hydrogens (tertiary/aromatic N) is 1. The SMILES string of the molecule is Bc1ccc([C@H](C)N=C=O)cc1. The summed E-state index contributed by atoms with van der Waals surface area (Å²) in [6.07, 6.45) is 1.56. The molecule has 0 unspecified atom stereocenters. The van der Waals surface area contributed by atoms with Gasteiger partial charge in [-0.25, -0.2) is 4.79 Å².